The molecule has 4 heteroatoms. The number of nitrogens with one attached hydrogen (secondary N) is 1. The maximum absolute atomic E-state index is 12.2. The van der Waals surface area contributed by atoms with Crippen molar-refractivity contribution in [3.63, 3.8) is 0 Å². The third-order valence-corrected chi connectivity index (χ3v) is 3.50. The summed E-state index contributed by atoms with van der Waals surface area (Å²) in [6.07, 6.45) is 1.84. The first-order valence-corrected chi connectivity index (χ1v) is 6.68. The largest absolute Gasteiger partial charge is 0.497 e. The Morgan fingerprint density at radius 2 is 1.90 bits per heavy atom. The number of hydrogen-bond donors (Lipinski definition) is 1. The third kappa shape index (κ3) is 2.48. The number of amides is 1. The molecule has 1 amide bonds. The van der Waals surface area contributed by atoms with Crippen LogP contribution >= 0.6 is 0 Å². The Morgan fingerprint density at radius 1 is 1.14 bits per heavy atom. The predicted molar refractivity (Wildman–Crippen MR) is 84.4 cm³/mol. The minimum absolute atomic E-state index is 0.0963. The number of hydrogen-bond acceptors (Lipinski definition) is 3. The summed E-state index contributed by atoms with van der Waals surface area (Å²) in [6, 6.07) is 15.5. The van der Waals surface area contributed by atoms with Crippen LogP contribution in [0.4, 0.5) is 11.4 Å². The first kappa shape index (κ1) is 13.2. The fourth-order valence-electron chi connectivity index (χ4n) is 2.35. The van der Waals surface area contributed by atoms with Crippen LogP contribution in [0.25, 0.3) is 5.57 Å². The van der Waals surface area contributed by atoms with Crippen molar-refractivity contribution >= 4 is 22.9 Å². The maximum atomic E-state index is 12.2. The minimum Gasteiger partial charge on any atom is -0.497 e. The Bertz CT molecular complexity index is 708. The van der Waals surface area contributed by atoms with E-state index in [0.29, 0.717) is 5.57 Å². The van der Waals surface area contributed by atoms with Gasteiger partial charge in [-0.25, -0.2) is 0 Å². The summed E-state index contributed by atoms with van der Waals surface area (Å²) in [5, 5.41) is 2.87. The topological polar surface area (TPSA) is 41.6 Å². The van der Waals surface area contributed by atoms with Crippen LogP contribution in [0.3, 0.4) is 0 Å². The number of rotatable bonds is 3. The Hall–Kier alpha value is -2.75. The smallest absolute Gasteiger partial charge is 0.257 e. The van der Waals surface area contributed by atoms with Gasteiger partial charge in [-0.15, -0.1) is 0 Å². The number of fused-ring (bicyclic) bond motifs is 1. The molecule has 2 aromatic carbocycles. The minimum atomic E-state index is -0.0963. The van der Waals surface area contributed by atoms with Crippen molar-refractivity contribution in [1.82, 2.24) is 0 Å². The molecular formula is C17H16N2O2. The lowest BCUT2D eigenvalue weighted by Crippen LogP contribution is -2.12. The van der Waals surface area contributed by atoms with Crippen molar-refractivity contribution in [2.75, 3.05) is 24.4 Å². The summed E-state index contributed by atoms with van der Waals surface area (Å²) in [6.45, 7) is 0. The molecule has 0 aromatic heterocycles. The van der Waals surface area contributed by atoms with Crippen LogP contribution in [0.5, 0.6) is 5.75 Å². The van der Waals surface area contributed by atoms with E-state index >= 15 is 0 Å². The van der Waals surface area contributed by atoms with Gasteiger partial charge in [-0.3, -0.25) is 4.79 Å². The van der Waals surface area contributed by atoms with Crippen LogP contribution in [0.2, 0.25) is 0 Å². The van der Waals surface area contributed by atoms with Crippen LogP contribution in [-0.2, 0) is 4.79 Å². The molecule has 1 aliphatic rings. The average Bonchev–Trinajstić information content (AvgIpc) is 2.83. The van der Waals surface area contributed by atoms with Gasteiger partial charge in [0.05, 0.1) is 12.7 Å². The van der Waals surface area contributed by atoms with Gasteiger partial charge >= 0.3 is 0 Å². The van der Waals surface area contributed by atoms with E-state index in [9.17, 15) is 4.79 Å². The molecule has 0 spiro atoms. The molecule has 0 bridgehead atoms. The summed E-state index contributed by atoms with van der Waals surface area (Å²) in [5.41, 5.74) is 3.33. The molecule has 1 heterocycles. The number of carbonyl (C=O) groups is 1. The zero-order chi connectivity index (χ0) is 14.8. The fraction of sp³-hybridized carbons (Fsp3) is 0.118. The Kier molecular flexibility index (Phi) is 3.36. The van der Waals surface area contributed by atoms with E-state index in [4.69, 9.17) is 4.74 Å². The van der Waals surface area contributed by atoms with Gasteiger partial charge in [0.15, 0.2) is 0 Å². The molecule has 0 fully saturated rings. The van der Waals surface area contributed by atoms with Crippen molar-refractivity contribution in [2.45, 2.75) is 0 Å². The van der Waals surface area contributed by atoms with Crippen LogP contribution in [0.15, 0.2) is 54.7 Å². The molecule has 3 rings (SSSR count). The summed E-state index contributed by atoms with van der Waals surface area (Å²) in [4.78, 5) is 14.1. The Labute approximate surface area is 123 Å². The molecule has 0 atom stereocenters. The molecule has 106 valence electrons. The van der Waals surface area contributed by atoms with Crippen molar-refractivity contribution < 1.29 is 9.53 Å². The van der Waals surface area contributed by atoms with Crippen molar-refractivity contribution in [3.8, 4) is 5.75 Å². The van der Waals surface area contributed by atoms with E-state index < -0.39 is 0 Å². The molecule has 4 nitrogen and oxygen atoms in total. The standard InChI is InChI=1S/C17H16N2O2/c1-19(12-6-4-3-5-7-12)11-15-14-10-13(21-2)8-9-16(14)18-17(15)20/h3-11H,1-2H3,(H,18,20)/b15-11+. The predicted octanol–water partition coefficient (Wildman–Crippen LogP) is 3.12. The zero-order valence-corrected chi connectivity index (χ0v) is 12.0. The van der Waals surface area contributed by atoms with Gasteiger partial charge in [0.2, 0.25) is 0 Å². The summed E-state index contributed by atoms with van der Waals surface area (Å²) < 4.78 is 5.23. The highest BCUT2D eigenvalue weighted by atomic mass is 16.5. The van der Waals surface area contributed by atoms with E-state index in [-0.39, 0.29) is 5.91 Å². The lowest BCUT2D eigenvalue weighted by molar-refractivity contribution is -0.110. The van der Waals surface area contributed by atoms with Gasteiger partial charge in [-0.1, -0.05) is 18.2 Å². The van der Waals surface area contributed by atoms with E-state index in [0.717, 1.165) is 22.7 Å². The van der Waals surface area contributed by atoms with Gasteiger partial charge in [-0.2, -0.15) is 0 Å². The average molecular weight is 280 g/mol. The highest BCUT2D eigenvalue weighted by Gasteiger charge is 2.25. The van der Waals surface area contributed by atoms with Crippen LogP contribution in [0, 0.1) is 0 Å². The van der Waals surface area contributed by atoms with Gasteiger partial charge in [0, 0.05) is 30.2 Å². The highest BCUT2D eigenvalue weighted by molar-refractivity contribution is 6.31. The molecular weight excluding hydrogens is 264 g/mol. The SMILES string of the molecule is COc1ccc2c(c1)/C(=C\N(C)c1ccccc1)C(=O)N2. The fourth-order valence-corrected chi connectivity index (χ4v) is 2.35. The number of nitrogens with zero attached hydrogens (tertiary/aromatic N) is 1. The number of ether oxygens (including phenoxy) is 1. The van der Waals surface area contributed by atoms with Gasteiger partial charge in [0.25, 0.3) is 5.91 Å². The van der Waals surface area contributed by atoms with E-state index in [2.05, 4.69) is 5.32 Å². The first-order valence-electron chi connectivity index (χ1n) is 6.68. The van der Waals surface area contributed by atoms with Crippen LogP contribution < -0.4 is 15.0 Å². The quantitative estimate of drug-likeness (QED) is 0.878. The Morgan fingerprint density at radius 3 is 2.62 bits per heavy atom. The third-order valence-electron chi connectivity index (χ3n) is 3.50. The molecule has 21 heavy (non-hydrogen) atoms. The molecule has 0 radical (unpaired) electrons. The number of benzene rings is 2. The van der Waals surface area contributed by atoms with Gasteiger partial charge in [-0.05, 0) is 30.3 Å². The van der Waals surface area contributed by atoms with Gasteiger partial charge < -0.3 is 15.0 Å². The molecule has 0 aliphatic carbocycles. The molecule has 2 aromatic rings. The first-order chi connectivity index (χ1) is 10.2. The van der Waals surface area contributed by atoms with E-state index in [1.54, 1.807) is 7.11 Å². The number of carbonyl (C=O) groups excluding carboxylic acids is 1. The summed E-state index contributed by atoms with van der Waals surface area (Å²) >= 11 is 0. The van der Waals surface area contributed by atoms with Gasteiger partial charge in [0.1, 0.15) is 5.75 Å². The zero-order valence-electron chi connectivity index (χ0n) is 12.0. The molecule has 0 saturated heterocycles. The van der Waals surface area contributed by atoms with E-state index in [1.807, 2.05) is 66.7 Å². The van der Waals surface area contributed by atoms with Crippen molar-refractivity contribution in [3.05, 3.63) is 60.3 Å². The maximum Gasteiger partial charge on any atom is 0.257 e. The lowest BCUT2D eigenvalue weighted by atomic mass is 10.1. The van der Waals surface area contributed by atoms with Crippen LogP contribution in [0.1, 0.15) is 5.56 Å². The summed E-state index contributed by atoms with van der Waals surface area (Å²) in [5.74, 6) is 0.638. The van der Waals surface area contributed by atoms with Crippen LogP contribution in [-0.4, -0.2) is 20.1 Å². The summed E-state index contributed by atoms with van der Waals surface area (Å²) in [7, 11) is 3.54. The molecule has 0 unspecified atom stereocenters. The molecule has 1 aliphatic heterocycles. The second-order valence-electron chi connectivity index (χ2n) is 4.85. The van der Waals surface area contributed by atoms with Crippen molar-refractivity contribution in [1.29, 1.82) is 0 Å². The second kappa shape index (κ2) is 5.32. The Balaban J connectivity index is 2.00. The highest BCUT2D eigenvalue weighted by Crippen LogP contribution is 2.35. The number of para-hydroxylation sites is 1. The monoisotopic (exact) mass is 280 g/mol. The number of methoxy groups -OCH3 is 1. The second-order valence-corrected chi connectivity index (χ2v) is 4.85. The molecule has 1 N–H and O–H groups in total. The lowest BCUT2D eigenvalue weighted by Gasteiger charge is -2.15. The molecule has 0 saturated carbocycles. The number of anilines is 2. The van der Waals surface area contributed by atoms with E-state index in [1.165, 1.54) is 0 Å². The van der Waals surface area contributed by atoms with Crippen molar-refractivity contribution in [2.24, 2.45) is 0 Å². The normalized spacial score (nSPS) is 14.8.